The third kappa shape index (κ3) is 2.68. The normalized spacial score (nSPS) is 28.2. The zero-order chi connectivity index (χ0) is 17.7. The molecule has 2 aliphatic rings. The van der Waals surface area contributed by atoms with E-state index in [1.54, 1.807) is 0 Å². The van der Waals surface area contributed by atoms with Crippen molar-refractivity contribution in [2.75, 3.05) is 0 Å². The first-order chi connectivity index (χ1) is 11.2. The van der Waals surface area contributed by atoms with E-state index in [0.29, 0.717) is 11.3 Å². The van der Waals surface area contributed by atoms with Gasteiger partial charge in [0.2, 0.25) is 0 Å². The molecule has 0 heterocycles. The van der Waals surface area contributed by atoms with Crippen LogP contribution in [0, 0.1) is 11.3 Å². The summed E-state index contributed by atoms with van der Waals surface area (Å²) in [6.07, 6.45) is 6.28. The lowest BCUT2D eigenvalue weighted by Gasteiger charge is -2.54. The molecule has 24 heavy (non-hydrogen) atoms. The van der Waals surface area contributed by atoms with E-state index in [4.69, 9.17) is 4.74 Å². The second-order valence-electron chi connectivity index (χ2n) is 9.10. The van der Waals surface area contributed by atoms with Crippen LogP contribution in [-0.4, -0.2) is 5.97 Å². The summed E-state index contributed by atoms with van der Waals surface area (Å²) in [5, 5.41) is 0. The van der Waals surface area contributed by atoms with Crippen LogP contribution in [0.2, 0.25) is 0 Å². The summed E-state index contributed by atoms with van der Waals surface area (Å²) in [5.74, 6) is 1.65. The molecule has 2 nitrogen and oxygen atoms in total. The first-order valence-corrected chi connectivity index (χ1v) is 9.51. The molecule has 3 rings (SSSR count). The van der Waals surface area contributed by atoms with Crippen LogP contribution in [0.4, 0.5) is 0 Å². The minimum absolute atomic E-state index is 0.226. The van der Waals surface area contributed by atoms with Crippen LogP contribution in [0.25, 0.3) is 0 Å². The average molecular weight is 328 g/mol. The van der Waals surface area contributed by atoms with Gasteiger partial charge in [-0.05, 0) is 65.5 Å². The third-order valence-electron chi connectivity index (χ3n) is 6.68. The van der Waals surface area contributed by atoms with Crippen LogP contribution >= 0.6 is 0 Å². The summed E-state index contributed by atoms with van der Waals surface area (Å²) in [6, 6.07) is 4.30. The molecule has 0 bridgehead atoms. The summed E-state index contributed by atoms with van der Waals surface area (Å²) in [5.41, 5.74) is 4.91. The van der Waals surface area contributed by atoms with Gasteiger partial charge >= 0.3 is 5.97 Å². The van der Waals surface area contributed by atoms with Crippen molar-refractivity contribution in [2.45, 2.75) is 85.0 Å². The van der Waals surface area contributed by atoms with E-state index in [-0.39, 0.29) is 11.4 Å². The van der Waals surface area contributed by atoms with Crippen molar-refractivity contribution in [3.05, 3.63) is 28.8 Å². The number of hydrogen-bond donors (Lipinski definition) is 0. The molecule has 0 saturated heterocycles. The molecule has 1 saturated carbocycles. The average Bonchev–Trinajstić information content (AvgIpc) is 2.44. The molecule has 0 unspecified atom stereocenters. The number of hydrogen-bond acceptors (Lipinski definition) is 2. The van der Waals surface area contributed by atoms with Crippen LogP contribution in [0.3, 0.4) is 0 Å². The number of esters is 1. The Labute approximate surface area is 147 Å². The molecule has 0 aromatic heterocycles. The van der Waals surface area contributed by atoms with Crippen molar-refractivity contribution in [1.82, 2.24) is 0 Å². The van der Waals surface area contributed by atoms with Gasteiger partial charge in [-0.2, -0.15) is 0 Å². The number of ether oxygens (including phenoxy) is 1. The molecule has 0 aliphatic heterocycles. The molecule has 0 amide bonds. The lowest BCUT2D eigenvalue weighted by atomic mass is 9.50. The molecule has 1 aromatic rings. The first kappa shape index (κ1) is 17.5. The molecule has 1 fully saturated rings. The van der Waals surface area contributed by atoms with E-state index >= 15 is 0 Å². The molecule has 0 N–H and O–H groups in total. The zero-order valence-corrected chi connectivity index (χ0v) is 16.2. The maximum absolute atomic E-state index is 11.5. The van der Waals surface area contributed by atoms with E-state index in [2.05, 4.69) is 40.7 Å². The Morgan fingerprint density at radius 2 is 1.92 bits per heavy atom. The van der Waals surface area contributed by atoms with Gasteiger partial charge in [-0.25, -0.2) is 0 Å². The molecule has 2 heteroatoms. The maximum Gasteiger partial charge on any atom is 0.308 e. The Balaban J connectivity index is 2.15. The van der Waals surface area contributed by atoms with E-state index in [1.165, 1.54) is 49.3 Å². The molecule has 0 spiro atoms. The number of benzene rings is 1. The first-order valence-electron chi connectivity index (χ1n) is 9.51. The van der Waals surface area contributed by atoms with Crippen molar-refractivity contribution >= 4 is 5.97 Å². The van der Waals surface area contributed by atoms with E-state index in [0.717, 1.165) is 18.1 Å². The van der Waals surface area contributed by atoms with Gasteiger partial charge in [-0.3, -0.25) is 4.79 Å². The van der Waals surface area contributed by atoms with Gasteiger partial charge in [-0.15, -0.1) is 0 Å². The summed E-state index contributed by atoms with van der Waals surface area (Å²) in [4.78, 5) is 11.5. The third-order valence-corrected chi connectivity index (χ3v) is 6.68. The fraction of sp³-hybridized carbons (Fsp3) is 0.682. The lowest BCUT2D eigenvalue weighted by Crippen LogP contribution is -2.48. The molecule has 0 radical (unpaired) electrons. The summed E-state index contributed by atoms with van der Waals surface area (Å²) >= 11 is 0. The smallest absolute Gasteiger partial charge is 0.308 e. The molecule has 132 valence electrons. The van der Waals surface area contributed by atoms with Crippen molar-refractivity contribution in [2.24, 2.45) is 11.3 Å². The standard InChI is InChI=1S/C22H32O2/c1-14(2)20-16-8-11-19-21(4,5)12-7-13-22(19,6)17(16)9-10-18(20)24-15(3)23/h9-10,14,19H,7-8,11-13H2,1-6H3/t19-,22+/m0/s1. The van der Waals surface area contributed by atoms with Gasteiger partial charge in [0, 0.05) is 12.5 Å². The quantitative estimate of drug-likeness (QED) is 0.509. The van der Waals surface area contributed by atoms with Crippen LogP contribution in [0.1, 0.15) is 89.8 Å². The number of rotatable bonds is 2. The zero-order valence-electron chi connectivity index (χ0n) is 16.2. The van der Waals surface area contributed by atoms with E-state index in [1.807, 2.05) is 6.07 Å². The fourth-order valence-corrected chi connectivity index (χ4v) is 5.77. The van der Waals surface area contributed by atoms with Gasteiger partial charge in [-0.1, -0.05) is 47.1 Å². The summed E-state index contributed by atoms with van der Waals surface area (Å²) in [7, 11) is 0. The minimum atomic E-state index is -0.226. The highest BCUT2D eigenvalue weighted by molar-refractivity contribution is 5.70. The van der Waals surface area contributed by atoms with Gasteiger partial charge in [0.1, 0.15) is 5.75 Å². The second kappa shape index (κ2) is 5.89. The Morgan fingerprint density at radius 1 is 1.21 bits per heavy atom. The molecular formula is C22H32O2. The highest BCUT2D eigenvalue weighted by atomic mass is 16.5. The second-order valence-corrected chi connectivity index (χ2v) is 9.10. The van der Waals surface area contributed by atoms with Gasteiger partial charge in [0.05, 0.1) is 0 Å². The molecule has 1 aromatic carbocycles. The summed E-state index contributed by atoms with van der Waals surface area (Å²) < 4.78 is 5.54. The van der Waals surface area contributed by atoms with E-state index < -0.39 is 0 Å². The molecule has 2 aliphatic carbocycles. The number of carbonyl (C=O) groups excluding carboxylic acids is 1. The number of carbonyl (C=O) groups is 1. The van der Waals surface area contributed by atoms with Crippen LogP contribution < -0.4 is 4.74 Å². The van der Waals surface area contributed by atoms with Crippen molar-refractivity contribution in [3.8, 4) is 5.75 Å². The number of fused-ring (bicyclic) bond motifs is 3. The predicted octanol–water partition coefficient (Wildman–Crippen LogP) is 5.77. The Bertz CT molecular complexity index is 656. The van der Waals surface area contributed by atoms with Crippen molar-refractivity contribution in [1.29, 1.82) is 0 Å². The van der Waals surface area contributed by atoms with Gasteiger partial charge in [0.25, 0.3) is 0 Å². The van der Waals surface area contributed by atoms with Gasteiger partial charge in [0.15, 0.2) is 0 Å². The lowest BCUT2D eigenvalue weighted by molar-refractivity contribution is -0.131. The van der Waals surface area contributed by atoms with Crippen molar-refractivity contribution < 1.29 is 9.53 Å². The summed E-state index contributed by atoms with van der Waals surface area (Å²) in [6.45, 7) is 13.3. The van der Waals surface area contributed by atoms with Crippen LogP contribution in [0.15, 0.2) is 12.1 Å². The highest BCUT2D eigenvalue weighted by Gasteiger charge is 2.50. The Hall–Kier alpha value is -1.31. The van der Waals surface area contributed by atoms with Crippen LogP contribution in [-0.2, 0) is 16.6 Å². The minimum Gasteiger partial charge on any atom is -0.426 e. The SMILES string of the molecule is CC(=O)Oc1ccc2c(c1C(C)C)CC[C@H]1C(C)(C)CCC[C@]21C. The maximum atomic E-state index is 11.5. The van der Waals surface area contributed by atoms with Crippen molar-refractivity contribution in [3.63, 3.8) is 0 Å². The van der Waals surface area contributed by atoms with Gasteiger partial charge < -0.3 is 4.74 Å². The predicted molar refractivity (Wildman–Crippen MR) is 98.6 cm³/mol. The van der Waals surface area contributed by atoms with E-state index in [9.17, 15) is 4.79 Å². The Kier molecular flexibility index (Phi) is 4.30. The monoisotopic (exact) mass is 328 g/mol. The fourth-order valence-electron chi connectivity index (χ4n) is 5.77. The largest absolute Gasteiger partial charge is 0.426 e. The Morgan fingerprint density at radius 3 is 2.54 bits per heavy atom. The molecular weight excluding hydrogens is 296 g/mol. The van der Waals surface area contributed by atoms with Crippen LogP contribution in [0.5, 0.6) is 5.75 Å². The molecule has 2 atom stereocenters. The highest BCUT2D eigenvalue weighted by Crippen LogP contribution is 2.58. The topological polar surface area (TPSA) is 26.3 Å².